The maximum Gasteiger partial charge on any atom is 0.272 e. The number of benzene rings is 5. The van der Waals surface area contributed by atoms with Gasteiger partial charge in [-0.2, -0.15) is 0 Å². The van der Waals surface area contributed by atoms with Gasteiger partial charge in [-0.25, -0.2) is 0 Å². The second-order valence-electron chi connectivity index (χ2n) is 10.2. The van der Waals surface area contributed by atoms with E-state index in [1.54, 1.807) is 60.7 Å². The predicted octanol–water partition coefficient (Wildman–Crippen LogP) is 7.01. The zero-order valence-corrected chi connectivity index (χ0v) is 26.9. The van der Waals surface area contributed by atoms with Crippen molar-refractivity contribution < 1.29 is 28.6 Å². The first kappa shape index (κ1) is 32.6. The second kappa shape index (κ2) is 15.5. The first-order valence-corrected chi connectivity index (χ1v) is 15.6. The molecular formula is C37H33N3O6S. The molecule has 5 aromatic carbocycles. The minimum Gasteiger partial charge on any atom is -0.496 e. The Balaban J connectivity index is 1.32. The van der Waals surface area contributed by atoms with E-state index in [9.17, 15) is 14.4 Å². The van der Waals surface area contributed by atoms with Crippen LogP contribution in [0.15, 0.2) is 120 Å². The van der Waals surface area contributed by atoms with Crippen LogP contribution in [0.25, 0.3) is 16.8 Å². The van der Waals surface area contributed by atoms with Crippen LogP contribution in [-0.4, -0.2) is 44.8 Å². The molecule has 0 aromatic heterocycles. The summed E-state index contributed by atoms with van der Waals surface area (Å²) < 4.78 is 16.3. The van der Waals surface area contributed by atoms with Crippen LogP contribution in [0.3, 0.4) is 0 Å². The van der Waals surface area contributed by atoms with Crippen molar-refractivity contribution in [1.82, 2.24) is 5.32 Å². The summed E-state index contributed by atoms with van der Waals surface area (Å²) in [6, 6.07) is 32.7. The number of amides is 3. The normalized spacial score (nSPS) is 11.0. The predicted molar refractivity (Wildman–Crippen MR) is 186 cm³/mol. The molecule has 3 N–H and O–H groups in total. The van der Waals surface area contributed by atoms with Gasteiger partial charge in [0.1, 0.15) is 11.4 Å². The Morgan fingerprint density at radius 2 is 1.34 bits per heavy atom. The molecule has 5 rings (SSSR count). The van der Waals surface area contributed by atoms with E-state index in [-0.39, 0.29) is 17.4 Å². The highest BCUT2D eigenvalue weighted by atomic mass is 32.2. The average Bonchev–Trinajstić information content (AvgIpc) is 3.10. The summed E-state index contributed by atoms with van der Waals surface area (Å²) in [5.74, 6) is 0.251. The fourth-order valence-electron chi connectivity index (χ4n) is 4.74. The summed E-state index contributed by atoms with van der Waals surface area (Å²) in [4.78, 5) is 40.3. The van der Waals surface area contributed by atoms with Crippen LogP contribution >= 0.6 is 11.8 Å². The molecule has 0 heterocycles. The zero-order chi connectivity index (χ0) is 33.2. The Labute approximate surface area is 276 Å². The van der Waals surface area contributed by atoms with Gasteiger partial charge in [0.2, 0.25) is 5.91 Å². The quantitative estimate of drug-likeness (QED) is 0.0986. The van der Waals surface area contributed by atoms with Crippen molar-refractivity contribution >= 4 is 57.7 Å². The Hall–Kier alpha value is -5.74. The van der Waals surface area contributed by atoms with E-state index in [0.29, 0.717) is 34.1 Å². The third-order valence-corrected chi connectivity index (χ3v) is 8.05. The topological polar surface area (TPSA) is 115 Å². The number of anilines is 2. The number of thioether (sulfide) groups is 1. The first-order valence-electron chi connectivity index (χ1n) is 14.6. The molecule has 5 aromatic rings. The second-order valence-corrected chi connectivity index (χ2v) is 11.3. The van der Waals surface area contributed by atoms with E-state index in [0.717, 1.165) is 21.4 Å². The third kappa shape index (κ3) is 8.50. The van der Waals surface area contributed by atoms with Crippen LogP contribution in [0.5, 0.6) is 17.2 Å². The van der Waals surface area contributed by atoms with Crippen molar-refractivity contribution in [3.8, 4) is 17.2 Å². The SMILES string of the molecule is COc1cc(OC)c(OC)cc1/C=C(/NC(=O)c1ccccc1)C(=O)Nc1cccc(SCC(=O)Nc2ccc3ccccc3c2)c1. The molecule has 0 saturated heterocycles. The Morgan fingerprint density at radius 3 is 2.09 bits per heavy atom. The van der Waals surface area contributed by atoms with E-state index in [4.69, 9.17) is 14.2 Å². The number of hydrogen-bond donors (Lipinski definition) is 3. The monoisotopic (exact) mass is 647 g/mol. The van der Waals surface area contributed by atoms with Crippen LogP contribution < -0.4 is 30.2 Å². The number of carbonyl (C=O) groups excluding carboxylic acids is 3. The fourth-order valence-corrected chi connectivity index (χ4v) is 5.49. The Morgan fingerprint density at radius 1 is 0.660 bits per heavy atom. The van der Waals surface area contributed by atoms with Crippen molar-refractivity contribution in [2.45, 2.75) is 4.90 Å². The van der Waals surface area contributed by atoms with Gasteiger partial charge < -0.3 is 30.2 Å². The van der Waals surface area contributed by atoms with Gasteiger partial charge in [-0.3, -0.25) is 14.4 Å². The van der Waals surface area contributed by atoms with E-state index >= 15 is 0 Å². The summed E-state index contributed by atoms with van der Waals surface area (Å²) in [5.41, 5.74) is 2.03. The van der Waals surface area contributed by atoms with Gasteiger partial charge in [0, 0.05) is 33.5 Å². The summed E-state index contributed by atoms with van der Waals surface area (Å²) in [6.45, 7) is 0. The number of ether oxygens (including phenoxy) is 3. The maximum absolute atomic E-state index is 13.7. The molecule has 0 unspecified atom stereocenters. The first-order chi connectivity index (χ1) is 22.9. The van der Waals surface area contributed by atoms with Crippen molar-refractivity contribution in [2.24, 2.45) is 0 Å². The summed E-state index contributed by atoms with van der Waals surface area (Å²) in [7, 11) is 4.50. The molecule has 0 spiro atoms. The summed E-state index contributed by atoms with van der Waals surface area (Å²) in [6.07, 6.45) is 1.51. The molecular weight excluding hydrogens is 614 g/mol. The Bertz CT molecular complexity index is 1940. The molecule has 0 aliphatic heterocycles. The number of nitrogens with one attached hydrogen (secondary N) is 3. The van der Waals surface area contributed by atoms with E-state index in [1.165, 1.54) is 39.2 Å². The highest BCUT2D eigenvalue weighted by Gasteiger charge is 2.18. The molecule has 47 heavy (non-hydrogen) atoms. The standard InChI is InChI=1S/C37H33N3O6S/c1-44-32-22-34(46-3)33(45-2)20-27(32)19-31(40-36(42)25-11-5-4-6-12-25)37(43)39-28-14-9-15-30(21-28)47-23-35(41)38-29-17-16-24-10-7-8-13-26(24)18-29/h4-22H,23H2,1-3H3,(H,38,41)(H,39,43)(H,40,42)/b31-19+. The summed E-state index contributed by atoms with van der Waals surface area (Å²) >= 11 is 1.33. The lowest BCUT2D eigenvalue weighted by molar-refractivity contribution is -0.114. The average molecular weight is 648 g/mol. The molecule has 9 nitrogen and oxygen atoms in total. The van der Waals surface area contributed by atoms with Gasteiger partial charge in [-0.15, -0.1) is 11.8 Å². The molecule has 238 valence electrons. The minimum atomic E-state index is -0.567. The lowest BCUT2D eigenvalue weighted by atomic mass is 10.1. The Kier molecular flexibility index (Phi) is 10.8. The molecule has 10 heteroatoms. The number of rotatable bonds is 12. The van der Waals surface area contributed by atoms with Crippen molar-refractivity contribution in [3.05, 3.63) is 126 Å². The van der Waals surface area contributed by atoms with Crippen LogP contribution in [0.4, 0.5) is 11.4 Å². The number of fused-ring (bicyclic) bond motifs is 1. The van der Waals surface area contributed by atoms with Crippen LogP contribution in [0, 0.1) is 0 Å². The molecule has 0 aliphatic rings. The van der Waals surface area contributed by atoms with Crippen molar-refractivity contribution in [2.75, 3.05) is 37.7 Å². The molecule has 0 aliphatic carbocycles. The third-order valence-electron chi connectivity index (χ3n) is 7.06. The van der Waals surface area contributed by atoms with Gasteiger partial charge in [0.15, 0.2) is 11.5 Å². The van der Waals surface area contributed by atoms with E-state index < -0.39 is 11.8 Å². The van der Waals surface area contributed by atoms with Crippen LogP contribution in [-0.2, 0) is 9.59 Å². The lowest BCUT2D eigenvalue weighted by Gasteiger charge is -2.15. The maximum atomic E-state index is 13.7. The number of methoxy groups -OCH3 is 3. The minimum absolute atomic E-state index is 0.0304. The smallest absolute Gasteiger partial charge is 0.272 e. The molecule has 0 fully saturated rings. The van der Waals surface area contributed by atoms with E-state index in [1.807, 2.05) is 48.5 Å². The zero-order valence-electron chi connectivity index (χ0n) is 26.0. The number of carbonyl (C=O) groups is 3. The van der Waals surface area contributed by atoms with Gasteiger partial charge in [-0.05, 0) is 65.4 Å². The van der Waals surface area contributed by atoms with Gasteiger partial charge >= 0.3 is 0 Å². The molecule has 0 bridgehead atoms. The fraction of sp³-hybridized carbons (Fsp3) is 0.108. The van der Waals surface area contributed by atoms with Crippen molar-refractivity contribution in [1.29, 1.82) is 0 Å². The molecule has 0 atom stereocenters. The lowest BCUT2D eigenvalue weighted by Crippen LogP contribution is -2.30. The highest BCUT2D eigenvalue weighted by molar-refractivity contribution is 8.00. The van der Waals surface area contributed by atoms with Gasteiger partial charge in [0.05, 0.1) is 27.1 Å². The highest BCUT2D eigenvalue weighted by Crippen LogP contribution is 2.35. The molecule has 3 amide bonds. The van der Waals surface area contributed by atoms with E-state index in [2.05, 4.69) is 16.0 Å². The van der Waals surface area contributed by atoms with Crippen LogP contribution in [0.1, 0.15) is 15.9 Å². The van der Waals surface area contributed by atoms with Crippen molar-refractivity contribution in [3.63, 3.8) is 0 Å². The van der Waals surface area contributed by atoms with Gasteiger partial charge in [-0.1, -0.05) is 54.6 Å². The molecule has 0 radical (unpaired) electrons. The van der Waals surface area contributed by atoms with Crippen LogP contribution in [0.2, 0.25) is 0 Å². The molecule has 0 saturated carbocycles. The summed E-state index contributed by atoms with van der Waals surface area (Å²) in [5, 5.41) is 10.7. The number of hydrogen-bond acceptors (Lipinski definition) is 7. The largest absolute Gasteiger partial charge is 0.496 e. The van der Waals surface area contributed by atoms with Gasteiger partial charge in [0.25, 0.3) is 11.8 Å².